The van der Waals surface area contributed by atoms with Crippen LogP contribution in [0.1, 0.15) is 48.3 Å². The van der Waals surface area contributed by atoms with E-state index in [0.717, 1.165) is 31.2 Å². The Bertz CT molecular complexity index is 785. The third-order valence-corrected chi connectivity index (χ3v) is 5.14. The number of rotatable bonds is 10. The molecule has 0 aromatic heterocycles. The maximum absolute atomic E-state index is 11.9. The number of hydrogen-bond acceptors (Lipinski definition) is 3. The number of benzene rings is 2. The molecule has 0 aliphatic rings. The van der Waals surface area contributed by atoms with Crippen molar-refractivity contribution in [2.75, 3.05) is 33.2 Å². The van der Waals surface area contributed by atoms with Gasteiger partial charge in [0.15, 0.2) is 5.96 Å². The van der Waals surface area contributed by atoms with Crippen LogP contribution in [-0.2, 0) is 6.54 Å². The summed E-state index contributed by atoms with van der Waals surface area (Å²) in [6, 6.07) is 18.5. The average molecular weight is 410 g/mol. The van der Waals surface area contributed by atoms with Gasteiger partial charge in [-0.25, -0.2) is 0 Å². The molecule has 0 saturated carbocycles. The van der Waals surface area contributed by atoms with E-state index in [1.807, 2.05) is 37.3 Å². The number of guanidine groups is 1. The van der Waals surface area contributed by atoms with Gasteiger partial charge in [0, 0.05) is 32.2 Å². The molecule has 0 aliphatic carbocycles. The first-order valence-corrected chi connectivity index (χ1v) is 10.7. The standard InChI is InChI=1S/C24H35N5O/c1-5-26-23(30)21-15-13-19(14-16-21)17-27-24(25-4)28-18-22(29(6-2)7-3)20-11-9-8-10-12-20/h8-16,22H,5-7,17-18H2,1-4H3,(H,26,30)(H2,25,27,28). The molecule has 2 aromatic rings. The third kappa shape index (κ3) is 6.88. The van der Waals surface area contributed by atoms with E-state index in [0.29, 0.717) is 18.7 Å². The quantitative estimate of drug-likeness (QED) is 0.416. The fourth-order valence-corrected chi connectivity index (χ4v) is 3.43. The van der Waals surface area contributed by atoms with E-state index in [1.165, 1.54) is 5.56 Å². The van der Waals surface area contributed by atoms with Crippen LogP contribution in [0, 0.1) is 0 Å². The van der Waals surface area contributed by atoms with Gasteiger partial charge >= 0.3 is 0 Å². The number of aliphatic imine (C=N–C) groups is 1. The molecule has 1 atom stereocenters. The Hall–Kier alpha value is -2.86. The van der Waals surface area contributed by atoms with Crippen LogP contribution < -0.4 is 16.0 Å². The lowest BCUT2D eigenvalue weighted by Gasteiger charge is -2.30. The molecule has 0 saturated heterocycles. The molecule has 0 bridgehead atoms. The molecule has 0 heterocycles. The lowest BCUT2D eigenvalue weighted by molar-refractivity contribution is 0.0956. The average Bonchev–Trinajstić information content (AvgIpc) is 2.79. The summed E-state index contributed by atoms with van der Waals surface area (Å²) >= 11 is 0. The van der Waals surface area contributed by atoms with Gasteiger partial charge in [-0.05, 0) is 43.3 Å². The topological polar surface area (TPSA) is 68.8 Å². The zero-order valence-electron chi connectivity index (χ0n) is 18.6. The SMILES string of the molecule is CCNC(=O)c1ccc(CNC(=NC)NCC(c2ccccc2)N(CC)CC)cc1. The van der Waals surface area contributed by atoms with Crippen molar-refractivity contribution < 1.29 is 4.79 Å². The number of carbonyl (C=O) groups excluding carboxylic acids is 1. The summed E-state index contributed by atoms with van der Waals surface area (Å²) in [5.41, 5.74) is 3.06. The maximum atomic E-state index is 11.9. The molecule has 30 heavy (non-hydrogen) atoms. The highest BCUT2D eigenvalue weighted by Crippen LogP contribution is 2.19. The number of carbonyl (C=O) groups is 1. The van der Waals surface area contributed by atoms with E-state index in [9.17, 15) is 4.79 Å². The summed E-state index contributed by atoms with van der Waals surface area (Å²) < 4.78 is 0. The van der Waals surface area contributed by atoms with Crippen molar-refractivity contribution in [1.29, 1.82) is 0 Å². The minimum absolute atomic E-state index is 0.0437. The smallest absolute Gasteiger partial charge is 0.251 e. The van der Waals surface area contributed by atoms with E-state index >= 15 is 0 Å². The predicted molar refractivity (Wildman–Crippen MR) is 125 cm³/mol. The monoisotopic (exact) mass is 409 g/mol. The van der Waals surface area contributed by atoms with Crippen molar-refractivity contribution in [3.63, 3.8) is 0 Å². The molecule has 0 radical (unpaired) electrons. The Balaban J connectivity index is 1.95. The van der Waals surface area contributed by atoms with Crippen molar-refractivity contribution in [2.45, 2.75) is 33.4 Å². The maximum Gasteiger partial charge on any atom is 0.251 e. The highest BCUT2D eigenvalue weighted by atomic mass is 16.1. The van der Waals surface area contributed by atoms with Gasteiger partial charge in [0.2, 0.25) is 0 Å². The molecule has 162 valence electrons. The molecule has 6 heteroatoms. The molecule has 2 aromatic carbocycles. The van der Waals surface area contributed by atoms with Gasteiger partial charge in [-0.3, -0.25) is 14.7 Å². The lowest BCUT2D eigenvalue weighted by Crippen LogP contribution is -2.43. The Morgan fingerprint density at radius 1 is 0.933 bits per heavy atom. The van der Waals surface area contributed by atoms with Crippen molar-refractivity contribution in [2.24, 2.45) is 4.99 Å². The fourth-order valence-electron chi connectivity index (χ4n) is 3.43. The van der Waals surface area contributed by atoms with Gasteiger partial charge in [-0.1, -0.05) is 56.3 Å². The van der Waals surface area contributed by atoms with Crippen molar-refractivity contribution in [3.8, 4) is 0 Å². The van der Waals surface area contributed by atoms with Gasteiger partial charge in [-0.2, -0.15) is 0 Å². The molecule has 6 nitrogen and oxygen atoms in total. The Morgan fingerprint density at radius 2 is 1.60 bits per heavy atom. The van der Waals surface area contributed by atoms with Crippen molar-refractivity contribution in [3.05, 3.63) is 71.3 Å². The molecular weight excluding hydrogens is 374 g/mol. The van der Waals surface area contributed by atoms with Gasteiger partial charge < -0.3 is 16.0 Å². The third-order valence-electron chi connectivity index (χ3n) is 5.14. The highest BCUT2D eigenvalue weighted by molar-refractivity contribution is 5.94. The van der Waals surface area contributed by atoms with Crippen LogP contribution in [0.5, 0.6) is 0 Å². The van der Waals surface area contributed by atoms with Crippen molar-refractivity contribution >= 4 is 11.9 Å². The van der Waals surface area contributed by atoms with Crippen molar-refractivity contribution in [1.82, 2.24) is 20.9 Å². The van der Waals surface area contributed by atoms with E-state index in [2.05, 4.69) is 64.0 Å². The Morgan fingerprint density at radius 3 is 2.17 bits per heavy atom. The summed E-state index contributed by atoms with van der Waals surface area (Å²) in [6.07, 6.45) is 0. The van der Waals surface area contributed by atoms with E-state index < -0.39 is 0 Å². The molecule has 0 fully saturated rings. The Labute approximate surface area is 180 Å². The summed E-state index contributed by atoms with van der Waals surface area (Å²) in [6.45, 7) is 10.3. The van der Waals surface area contributed by atoms with Crippen LogP contribution in [0.15, 0.2) is 59.6 Å². The number of likely N-dealkylation sites (N-methyl/N-ethyl adjacent to an activating group) is 1. The second-order valence-corrected chi connectivity index (χ2v) is 7.01. The highest BCUT2D eigenvalue weighted by Gasteiger charge is 2.18. The summed E-state index contributed by atoms with van der Waals surface area (Å²) in [4.78, 5) is 18.7. The van der Waals surface area contributed by atoms with Crippen LogP contribution >= 0.6 is 0 Å². The minimum atomic E-state index is -0.0437. The zero-order valence-corrected chi connectivity index (χ0v) is 18.6. The van der Waals surface area contributed by atoms with Crippen LogP contribution in [0.2, 0.25) is 0 Å². The lowest BCUT2D eigenvalue weighted by atomic mass is 10.1. The first-order chi connectivity index (χ1) is 14.6. The van der Waals surface area contributed by atoms with Crippen LogP contribution in [0.25, 0.3) is 0 Å². The number of nitrogens with zero attached hydrogens (tertiary/aromatic N) is 2. The minimum Gasteiger partial charge on any atom is -0.354 e. The molecule has 0 spiro atoms. The van der Waals surface area contributed by atoms with Gasteiger partial charge in [0.05, 0.1) is 6.04 Å². The second kappa shape index (κ2) is 12.6. The van der Waals surface area contributed by atoms with Gasteiger partial charge in [0.25, 0.3) is 5.91 Å². The predicted octanol–water partition coefficient (Wildman–Crippen LogP) is 3.18. The van der Waals surface area contributed by atoms with Crippen LogP contribution in [0.4, 0.5) is 0 Å². The van der Waals surface area contributed by atoms with Gasteiger partial charge in [-0.15, -0.1) is 0 Å². The number of amides is 1. The summed E-state index contributed by atoms with van der Waals surface area (Å²) in [5.74, 6) is 0.716. The summed E-state index contributed by atoms with van der Waals surface area (Å²) in [5, 5.41) is 9.64. The fraction of sp³-hybridized carbons (Fsp3) is 0.417. The number of hydrogen-bond donors (Lipinski definition) is 3. The van der Waals surface area contributed by atoms with Crippen LogP contribution in [-0.4, -0.2) is 50.0 Å². The molecule has 1 amide bonds. The molecule has 0 aliphatic heterocycles. The van der Waals surface area contributed by atoms with E-state index in [-0.39, 0.29) is 11.9 Å². The van der Waals surface area contributed by atoms with E-state index in [1.54, 1.807) is 7.05 Å². The first kappa shape index (κ1) is 23.4. The largest absolute Gasteiger partial charge is 0.354 e. The molecule has 3 N–H and O–H groups in total. The zero-order chi connectivity index (χ0) is 21.8. The Kier molecular flexibility index (Phi) is 9.87. The normalized spacial score (nSPS) is 12.5. The molecule has 1 unspecified atom stereocenters. The van der Waals surface area contributed by atoms with Gasteiger partial charge in [0.1, 0.15) is 0 Å². The second-order valence-electron chi connectivity index (χ2n) is 7.01. The number of nitrogens with one attached hydrogen (secondary N) is 3. The molecular formula is C24H35N5O. The van der Waals surface area contributed by atoms with E-state index in [4.69, 9.17) is 0 Å². The van der Waals surface area contributed by atoms with Crippen LogP contribution in [0.3, 0.4) is 0 Å². The summed E-state index contributed by atoms with van der Waals surface area (Å²) in [7, 11) is 1.78. The molecule has 2 rings (SSSR count). The first-order valence-electron chi connectivity index (χ1n) is 10.7.